The average Bonchev–Trinajstić information content (AvgIpc) is 2.26. The van der Waals surface area contributed by atoms with Gasteiger partial charge in [-0.2, -0.15) is 0 Å². The highest BCUT2D eigenvalue weighted by molar-refractivity contribution is 5.78. The molecule has 3 nitrogen and oxygen atoms in total. The van der Waals surface area contributed by atoms with Gasteiger partial charge in [0.2, 0.25) is 0 Å². The van der Waals surface area contributed by atoms with Gasteiger partial charge in [0.25, 0.3) is 0 Å². The fraction of sp³-hybridized carbons (Fsp3) is 0.417. The van der Waals surface area contributed by atoms with E-state index < -0.39 is 0 Å². The largest absolute Gasteiger partial charge is 0.624 e. The lowest BCUT2D eigenvalue weighted by Gasteiger charge is -2.23. The monoisotopic (exact) mass is 205 g/mol. The Hall–Kier alpha value is -1.35. The van der Waals surface area contributed by atoms with Gasteiger partial charge in [-0.3, -0.25) is 0 Å². The second-order valence-electron chi connectivity index (χ2n) is 3.92. The molecule has 1 aliphatic heterocycles. The van der Waals surface area contributed by atoms with Crippen molar-refractivity contribution in [2.45, 2.75) is 19.4 Å². The Kier molecular flexibility index (Phi) is 3.02. The molecule has 80 valence electrons. The number of hydrogen-bond acceptors (Lipinski definition) is 2. The van der Waals surface area contributed by atoms with Gasteiger partial charge in [0.15, 0.2) is 11.8 Å². The first-order valence-electron chi connectivity index (χ1n) is 5.18. The molecule has 15 heavy (non-hydrogen) atoms. The van der Waals surface area contributed by atoms with Crippen molar-refractivity contribution in [3.63, 3.8) is 0 Å². The van der Waals surface area contributed by atoms with Gasteiger partial charge < -0.3 is 9.94 Å². The minimum Gasteiger partial charge on any atom is -0.624 e. The first kappa shape index (κ1) is 10.2. The highest BCUT2D eigenvalue weighted by atomic mass is 16.5. The average molecular weight is 205 g/mol. The van der Waals surface area contributed by atoms with Crippen molar-refractivity contribution in [2.75, 3.05) is 13.2 Å². The summed E-state index contributed by atoms with van der Waals surface area (Å²) >= 11 is 0. The number of rotatable bonds is 2. The van der Waals surface area contributed by atoms with Crippen LogP contribution in [0.5, 0.6) is 0 Å². The number of nitrogens with zero attached hydrogens (tertiary/aromatic N) is 1. The molecule has 0 saturated heterocycles. The second-order valence-corrected chi connectivity index (χ2v) is 3.92. The fourth-order valence-electron chi connectivity index (χ4n) is 1.81. The van der Waals surface area contributed by atoms with E-state index in [0.717, 1.165) is 16.9 Å². The molecule has 0 saturated carbocycles. The molecule has 0 amide bonds. The van der Waals surface area contributed by atoms with Gasteiger partial charge in [-0.15, -0.1) is 0 Å². The molecule has 1 atom stereocenters. The highest BCUT2D eigenvalue weighted by Gasteiger charge is 2.24. The molecule has 2 rings (SSSR count). The summed E-state index contributed by atoms with van der Waals surface area (Å²) in [6.45, 7) is 2.81. The Morgan fingerprint density at radius 2 is 2.13 bits per heavy atom. The Bertz CT molecular complexity index is 359. The van der Waals surface area contributed by atoms with Gasteiger partial charge in [-0.1, -0.05) is 30.3 Å². The van der Waals surface area contributed by atoms with Gasteiger partial charge in [0, 0.05) is 13.3 Å². The van der Waals surface area contributed by atoms with Crippen LogP contribution < -0.4 is 0 Å². The first-order chi connectivity index (χ1) is 7.27. The number of hydroxylamine groups is 1. The number of benzene rings is 1. The van der Waals surface area contributed by atoms with Crippen molar-refractivity contribution in [2.24, 2.45) is 0 Å². The molecule has 3 heteroatoms. The van der Waals surface area contributed by atoms with Gasteiger partial charge in [0.1, 0.15) is 13.2 Å². The maximum Gasteiger partial charge on any atom is 0.190 e. The van der Waals surface area contributed by atoms with Crippen LogP contribution in [0.1, 0.15) is 12.5 Å². The van der Waals surface area contributed by atoms with Gasteiger partial charge in [0.05, 0.1) is 0 Å². The minimum atomic E-state index is -0.0684. The molecule has 0 N–H and O–H groups in total. The Morgan fingerprint density at radius 3 is 2.87 bits per heavy atom. The van der Waals surface area contributed by atoms with Crippen LogP contribution in [0, 0.1) is 5.21 Å². The van der Waals surface area contributed by atoms with Crippen LogP contribution in [0.2, 0.25) is 0 Å². The van der Waals surface area contributed by atoms with E-state index in [9.17, 15) is 5.21 Å². The summed E-state index contributed by atoms with van der Waals surface area (Å²) in [5.74, 6) is 0. The minimum absolute atomic E-state index is 0.0684. The zero-order valence-corrected chi connectivity index (χ0v) is 8.85. The molecule has 0 bridgehead atoms. The third kappa shape index (κ3) is 2.36. The lowest BCUT2D eigenvalue weighted by molar-refractivity contribution is -0.516. The SMILES string of the molecule is CC1=[N+]([O-])[C@@H](Cc2ccccc2)COC1. The van der Waals surface area contributed by atoms with Crippen LogP contribution in [0.15, 0.2) is 30.3 Å². The van der Waals surface area contributed by atoms with Crippen LogP contribution >= 0.6 is 0 Å². The lowest BCUT2D eigenvalue weighted by atomic mass is 10.1. The Balaban J connectivity index is 2.10. The van der Waals surface area contributed by atoms with E-state index in [-0.39, 0.29) is 6.04 Å². The maximum atomic E-state index is 11.7. The second kappa shape index (κ2) is 4.45. The molecule has 0 spiro atoms. The lowest BCUT2D eigenvalue weighted by Crippen LogP contribution is -2.39. The molecule has 0 aromatic heterocycles. The summed E-state index contributed by atoms with van der Waals surface area (Å²) in [6, 6.07) is 9.97. The summed E-state index contributed by atoms with van der Waals surface area (Å²) in [5.41, 5.74) is 1.95. The topological polar surface area (TPSA) is 35.3 Å². The molecule has 1 aromatic rings. The van der Waals surface area contributed by atoms with E-state index in [2.05, 4.69) is 0 Å². The zero-order valence-electron chi connectivity index (χ0n) is 8.85. The van der Waals surface area contributed by atoms with Crippen molar-refractivity contribution in [1.29, 1.82) is 0 Å². The Labute approximate surface area is 89.6 Å². The summed E-state index contributed by atoms with van der Waals surface area (Å²) in [5, 5.41) is 11.7. The molecule has 1 heterocycles. The molecule has 0 unspecified atom stereocenters. The molecular formula is C12H15NO2. The van der Waals surface area contributed by atoms with Crippen molar-refractivity contribution in [1.82, 2.24) is 0 Å². The van der Waals surface area contributed by atoms with Crippen LogP contribution in [-0.4, -0.2) is 29.7 Å². The number of hydrogen-bond donors (Lipinski definition) is 0. The van der Waals surface area contributed by atoms with Crippen LogP contribution in [0.4, 0.5) is 0 Å². The fourth-order valence-corrected chi connectivity index (χ4v) is 1.81. The quantitative estimate of drug-likeness (QED) is 0.543. The third-order valence-electron chi connectivity index (χ3n) is 2.64. The molecule has 1 aromatic carbocycles. The highest BCUT2D eigenvalue weighted by Crippen LogP contribution is 2.09. The van der Waals surface area contributed by atoms with E-state index in [1.807, 2.05) is 37.3 Å². The van der Waals surface area contributed by atoms with E-state index in [4.69, 9.17) is 4.74 Å². The van der Waals surface area contributed by atoms with E-state index in [0.29, 0.717) is 13.2 Å². The first-order valence-corrected chi connectivity index (χ1v) is 5.18. The summed E-state index contributed by atoms with van der Waals surface area (Å²) in [6.07, 6.45) is 0.752. The van der Waals surface area contributed by atoms with Crippen molar-refractivity contribution in [3.05, 3.63) is 41.1 Å². The molecular weight excluding hydrogens is 190 g/mol. The van der Waals surface area contributed by atoms with E-state index in [1.165, 1.54) is 5.56 Å². The van der Waals surface area contributed by atoms with Crippen molar-refractivity contribution in [3.8, 4) is 0 Å². The molecule has 1 aliphatic rings. The molecule has 0 aliphatic carbocycles. The van der Waals surface area contributed by atoms with Crippen LogP contribution in [0.3, 0.4) is 0 Å². The van der Waals surface area contributed by atoms with E-state index in [1.54, 1.807) is 0 Å². The van der Waals surface area contributed by atoms with Gasteiger partial charge >= 0.3 is 0 Å². The standard InChI is InChI=1S/C12H15NO2/c1-10-8-15-9-12(13(10)14)7-11-5-3-2-4-6-11/h2-6,12H,7-9H2,1H3/t12-/m0/s1. The van der Waals surface area contributed by atoms with Crippen LogP contribution in [0.25, 0.3) is 0 Å². The number of ether oxygens (including phenoxy) is 1. The predicted octanol–water partition coefficient (Wildman–Crippen LogP) is 1.60. The van der Waals surface area contributed by atoms with Gasteiger partial charge in [-0.25, -0.2) is 4.74 Å². The smallest absolute Gasteiger partial charge is 0.190 e. The van der Waals surface area contributed by atoms with Crippen molar-refractivity contribution >= 4 is 5.71 Å². The normalized spacial score (nSPS) is 21.8. The molecule has 0 fully saturated rings. The maximum absolute atomic E-state index is 11.7. The Morgan fingerprint density at radius 1 is 1.40 bits per heavy atom. The summed E-state index contributed by atoms with van der Waals surface area (Å²) in [7, 11) is 0. The van der Waals surface area contributed by atoms with Gasteiger partial charge in [-0.05, 0) is 5.56 Å². The zero-order chi connectivity index (χ0) is 10.7. The predicted molar refractivity (Wildman–Crippen MR) is 59.1 cm³/mol. The third-order valence-corrected chi connectivity index (χ3v) is 2.64. The summed E-state index contributed by atoms with van der Waals surface area (Å²) in [4.78, 5) is 0. The van der Waals surface area contributed by atoms with E-state index >= 15 is 0 Å². The molecule has 0 radical (unpaired) electrons. The summed E-state index contributed by atoms with van der Waals surface area (Å²) < 4.78 is 6.45. The van der Waals surface area contributed by atoms with Crippen molar-refractivity contribution < 1.29 is 9.48 Å². The van der Waals surface area contributed by atoms with Crippen LogP contribution in [-0.2, 0) is 11.2 Å².